The third-order valence-corrected chi connectivity index (χ3v) is 6.20. The molecule has 1 N–H and O–H groups in total. The van der Waals surface area contributed by atoms with Crippen LogP contribution in [0.1, 0.15) is 49.7 Å². The van der Waals surface area contributed by atoms with Crippen LogP contribution in [0.5, 0.6) is 0 Å². The van der Waals surface area contributed by atoms with E-state index in [0.717, 1.165) is 45.6 Å². The highest BCUT2D eigenvalue weighted by atomic mass is 32.1. The van der Waals surface area contributed by atoms with Gasteiger partial charge in [-0.05, 0) is 31.7 Å². The molecule has 0 spiro atoms. The van der Waals surface area contributed by atoms with E-state index in [1.165, 1.54) is 10.7 Å². The number of piperidine rings is 2. The van der Waals surface area contributed by atoms with Crippen molar-refractivity contribution in [3.63, 3.8) is 0 Å². The van der Waals surface area contributed by atoms with Crippen molar-refractivity contribution in [1.82, 2.24) is 20.1 Å². The molecule has 0 aromatic carbocycles. The van der Waals surface area contributed by atoms with Gasteiger partial charge in [0.1, 0.15) is 5.01 Å². The van der Waals surface area contributed by atoms with Crippen LogP contribution in [0.15, 0.2) is 5.38 Å². The van der Waals surface area contributed by atoms with Crippen molar-refractivity contribution in [2.45, 2.75) is 51.6 Å². The molecule has 1 amide bonds. The molecule has 6 heteroatoms. The number of carbonyl (C=O) groups is 1. The Hall–Kier alpha value is -0.980. The largest absolute Gasteiger partial charge is 0.338 e. The van der Waals surface area contributed by atoms with Gasteiger partial charge in [0.2, 0.25) is 5.91 Å². The maximum atomic E-state index is 12.3. The van der Waals surface area contributed by atoms with Crippen LogP contribution in [0, 0.1) is 5.92 Å². The maximum absolute atomic E-state index is 12.3. The van der Waals surface area contributed by atoms with Crippen molar-refractivity contribution in [1.29, 1.82) is 0 Å². The zero-order chi connectivity index (χ0) is 17.1. The average molecular weight is 351 g/mol. The van der Waals surface area contributed by atoms with Gasteiger partial charge in [-0.15, -0.1) is 11.3 Å². The van der Waals surface area contributed by atoms with E-state index in [2.05, 4.69) is 34.3 Å². The first-order valence-electron chi connectivity index (χ1n) is 9.19. The van der Waals surface area contributed by atoms with Crippen LogP contribution in [-0.4, -0.2) is 60.0 Å². The van der Waals surface area contributed by atoms with Crippen molar-refractivity contribution in [3.05, 3.63) is 16.1 Å². The lowest BCUT2D eigenvalue weighted by molar-refractivity contribution is -0.141. The summed E-state index contributed by atoms with van der Waals surface area (Å²) in [5.41, 5.74) is 1.21. The van der Waals surface area contributed by atoms with Gasteiger partial charge in [0.15, 0.2) is 0 Å². The molecule has 2 fully saturated rings. The van der Waals surface area contributed by atoms with Crippen molar-refractivity contribution in [2.75, 3.05) is 33.2 Å². The molecular weight excluding hydrogens is 320 g/mol. The molecule has 0 saturated carbocycles. The molecule has 24 heavy (non-hydrogen) atoms. The molecule has 3 rings (SSSR count). The Balaban J connectivity index is 1.58. The standard InChI is InChI=1S/C18H30N4OS/c1-13(2)15-12-24-17(20-15)11-21-8-6-16-14(10-21)4-5-18(23)22(16)9-7-19-3/h12-14,16,19H,4-11H2,1-3H3/t14-,16+/m0/s1. The van der Waals surface area contributed by atoms with E-state index >= 15 is 0 Å². The molecule has 2 aliphatic rings. The number of carbonyl (C=O) groups excluding carboxylic acids is 1. The average Bonchev–Trinajstić information content (AvgIpc) is 3.03. The summed E-state index contributed by atoms with van der Waals surface area (Å²) in [6, 6.07) is 0.443. The van der Waals surface area contributed by atoms with Crippen LogP contribution in [0.25, 0.3) is 0 Å². The molecule has 0 bridgehead atoms. The summed E-state index contributed by atoms with van der Waals surface area (Å²) in [7, 11) is 1.95. The minimum absolute atomic E-state index is 0.349. The molecule has 5 nitrogen and oxygen atoms in total. The van der Waals surface area contributed by atoms with E-state index in [4.69, 9.17) is 4.98 Å². The number of rotatable bonds is 6. The smallest absolute Gasteiger partial charge is 0.222 e. The zero-order valence-corrected chi connectivity index (χ0v) is 15.9. The van der Waals surface area contributed by atoms with Crippen LogP contribution in [0.4, 0.5) is 0 Å². The first-order valence-corrected chi connectivity index (χ1v) is 10.1. The Morgan fingerprint density at radius 1 is 1.42 bits per heavy atom. The molecular formula is C18H30N4OS. The van der Waals surface area contributed by atoms with Gasteiger partial charge in [-0.3, -0.25) is 9.69 Å². The van der Waals surface area contributed by atoms with E-state index < -0.39 is 0 Å². The molecule has 1 aromatic heterocycles. The minimum atomic E-state index is 0.349. The maximum Gasteiger partial charge on any atom is 0.222 e. The lowest BCUT2D eigenvalue weighted by Crippen LogP contribution is -2.56. The summed E-state index contributed by atoms with van der Waals surface area (Å²) in [5.74, 6) is 1.48. The highest BCUT2D eigenvalue weighted by Gasteiger charge is 2.38. The summed E-state index contributed by atoms with van der Waals surface area (Å²) in [6.45, 7) is 9.26. The number of nitrogens with one attached hydrogen (secondary N) is 1. The second-order valence-corrected chi connectivity index (χ2v) is 8.34. The number of hydrogen-bond donors (Lipinski definition) is 1. The monoisotopic (exact) mass is 350 g/mol. The number of likely N-dealkylation sites (tertiary alicyclic amines) is 2. The van der Waals surface area contributed by atoms with Crippen LogP contribution in [0.3, 0.4) is 0 Å². The molecule has 3 heterocycles. The number of fused-ring (bicyclic) bond motifs is 1. The van der Waals surface area contributed by atoms with Crippen molar-refractivity contribution >= 4 is 17.2 Å². The van der Waals surface area contributed by atoms with E-state index in [9.17, 15) is 4.79 Å². The Morgan fingerprint density at radius 2 is 2.25 bits per heavy atom. The Bertz CT molecular complexity index is 559. The predicted octanol–water partition coefficient (Wildman–Crippen LogP) is 2.30. The van der Waals surface area contributed by atoms with Gasteiger partial charge in [0.25, 0.3) is 0 Å². The third kappa shape index (κ3) is 3.98. The quantitative estimate of drug-likeness (QED) is 0.855. The SMILES string of the molecule is CNCCN1C(=O)CC[C@H]2CN(Cc3nc(C(C)C)cs3)CC[C@H]21. The lowest BCUT2D eigenvalue weighted by Gasteiger charge is -2.47. The third-order valence-electron chi connectivity index (χ3n) is 5.35. The van der Waals surface area contributed by atoms with Gasteiger partial charge in [-0.2, -0.15) is 0 Å². The van der Waals surface area contributed by atoms with Crippen LogP contribution >= 0.6 is 11.3 Å². The first-order chi connectivity index (χ1) is 11.6. The number of amides is 1. The van der Waals surface area contributed by atoms with Gasteiger partial charge in [0.05, 0.1) is 12.2 Å². The minimum Gasteiger partial charge on any atom is -0.338 e. The molecule has 0 radical (unpaired) electrons. The van der Waals surface area contributed by atoms with Gasteiger partial charge >= 0.3 is 0 Å². The highest BCUT2D eigenvalue weighted by Crippen LogP contribution is 2.32. The molecule has 2 atom stereocenters. The van der Waals surface area contributed by atoms with Gasteiger partial charge in [-0.25, -0.2) is 4.98 Å². The normalized spacial score (nSPS) is 25.3. The summed E-state index contributed by atoms with van der Waals surface area (Å²) >= 11 is 1.79. The topological polar surface area (TPSA) is 48.5 Å². The van der Waals surface area contributed by atoms with Crippen molar-refractivity contribution in [2.24, 2.45) is 5.92 Å². The fourth-order valence-corrected chi connectivity index (χ4v) is 4.94. The fraction of sp³-hybridized carbons (Fsp3) is 0.778. The molecule has 0 unspecified atom stereocenters. The molecule has 2 saturated heterocycles. The van der Waals surface area contributed by atoms with Gasteiger partial charge < -0.3 is 10.2 Å². The van der Waals surface area contributed by atoms with E-state index in [0.29, 0.717) is 30.2 Å². The van der Waals surface area contributed by atoms with E-state index in [1.807, 2.05) is 7.05 Å². The van der Waals surface area contributed by atoms with Crippen molar-refractivity contribution < 1.29 is 4.79 Å². The number of nitrogens with zero attached hydrogens (tertiary/aromatic N) is 3. The summed E-state index contributed by atoms with van der Waals surface area (Å²) in [4.78, 5) is 21.7. The van der Waals surface area contributed by atoms with E-state index in [-0.39, 0.29) is 0 Å². The lowest BCUT2D eigenvalue weighted by atomic mass is 9.83. The highest BCUT2D eigenvalue weighted by molar-refractivity contribution is 7.09. The molecule has 134 valence electrons. The first kappa shape index (κ1) is 17.8. The number of likely N-dealkylation sites (N-methyl/N-ethyl adjacent to an activating group) is 1. The molecule has 2 aliphatic heterocycles. The number of hydrogen-bond acceptors (Lipinski definition) is 5. The Kier molecular flexibility index (Phi) is 5.89. The Labute approximate surface area is 149 Å². The predicted molar refractivity (Wildman–Crippen MR) is 98.2 cm³/mol. The second kappa shape index (κ2) is 7.93. The second-order valence-electron chi connectivity index (χ2n) is 7.40. The van der Waals surface area contributed by atoms with E-state index in [1.54, 1.807) is 11.3 Å². The molecule has 1 aromatic rings. The van der Waals surface area contributed by atoms with Crippen molar-refractivity contribution in [3.8, 4) is 0 Å². The fourth-order valence-electron chi connectivity index (χ4n) is 3.95. The molecule has 0 aliphatic carbocycles. The number of aromatic nitrogens is 1. The Morgan fingerprint density at radius 3 is 2.96 bits per heavy atom. The summed E-state index contributed by atoms with van der Waals surface area (Å²) in [6.07, 6.45) is 2.86. The van der Waals surface area contributed by atoms with Gasteiger partial charge in [-0.1, -0.05) is 13.8 Å². The van der Waals surface area contributed by atoms with Crippen LogP contribution in [-0.2, 0) is 11.3 Å². The number of thiazole rings is 1. The summed E-state index contributed by atoms with van der Waals surface area (Å²) < 4.78 is 0. The van der Waals surface area contributed by atoms with Gasteiger partial charge in [0, 0.05) is 44.0 Å². The zero-order valence-electron chi connectivity index (χ0n) is 15.1. The van der Waals surface area contributed by atoms with Crippen LogP contribution < -0.4 is 5.32 Å². The van der Waals surface area contributed by atoms with Crippen LogP contribution in [0.2, 0.25) is 0 Å². The summed E-state index contributed by atoms with van der Waals surface area (Å²) in [5, 5.41) is 6.61.